The van der Waals surface area contributed by atoms with Gasteiger partial charge in [0.15, 0.2) is 0 Å². The zero-order chi connectivity index (χ0) is 21.8. The summed E-state index contributed by atoms with van der Waals surface area (Å²) < 4.78 is 12.2. The molecule has 1 atom stereocenters. The third-order valence-electron chi connectivity index (χ3n) is 6.15. The third-order valence-corrected chi connectivity index (χ3v) is 6.15. The average molecular weight is 402 g/mol. The molecule has 2 amide bonds. The summed E-state index contributed by atoms with van der Waals surface area (Å²) in [6.45, 7) is 13.4. The Morgan fingerprint density at radius 2 is 1.79 bits per heavy atom. The molecule has 7 nitrogen and oxygen atoms in total. The molecule has 8 heteroatoms. The second kappa shape index (κ2) is 7.02. The minimum absolute atomic E-state index is 0.313. The summed E-state index contributed by atoms with van der Waals surface area (Å²) in [5.41, 5.74) is 0.899. The largest absolute Gasteiger partial charge is 0.494 e. The molecule has 1 fully saturated rings. The van der Waals surface area contributed by atoms with Gasteiger partial charge >= 0.3 is 13.2 Å². The van der Waals surface area contributed by atoms with Crippen molar-refractivity contribution in [3.8, 4) is 0 Å². The van der Waals surface area contributed by atoms with Crippen molar-refractivity contribution in [1.82, 2.24) is 4.90 Å². The van der Waals surface area contributed by atoms with Gasteiger partial charge in [-0.1, -0.05) is 12.1 Å². The maximum atomic E-state index is 12.9. The van der Waals surface area contributed by atoms with Gasteiger partial charge in [0.1, 0.15) is 6.04 Å². The number of anilines is 1. The SMILES string of the molecule is CC(C)(C)N(C(=O)O)C1CCc2ccc(B3OC(C)(C)C(C)(C)O3)cc2NC1=O. The Morgan fingerprint density at radius 1 is 1.21 bits per heavy atom. The van der Waals surface area contributed by atoms with E-state index in [9.17, 15) is 14.7 Å². The van der Waals surface area contributed by atoms with Gasteiger partial charge in [-0.25, -0.2) is 4.79 Å². The van der Waals surface area contributed by atoms with Crippen LogP contribution in [0.3, 0.4) is 0 Å². The molecule has 1 aromatic carbocycles. The van der Waals surface area contributed by atoms with Crippen molar-refractivity contribution in [2.24, 2.45) is 0 Å². The van der Waals surface area contributed by atoms with Crippen LogP contribution in [0.15, 0.2) is 18.2 Å². The molecule has 2 heterocycles. The van der Waals surface area contributed by atoms with Crippen LogP contribution in [-0.4, -0.2) is 51.9 Å². The third kappa shape index (κ3) is 4.01. The molecule has 3 rings (SSSR count). The molecule has 0 aromatic heterocycles. The molecule has 2 aliphatic rings. The van der Waals surface area contributed by atoms with Crippen LogP contribution in [0.5, 0.6) is 0 Å². The Balaban J connectivity index is 1.87. The number of aryl methyl sites for hydroxylation is 1. The van der Waals surface area contributed by atoms with Gasteiger partial charge in [0.2, 0.25) is 5.91 Å². The minimum atomic E-state index is -1.10. The van der Waals surface area contributed by atoms with Crippen LogP contribution in [0, 0.1) is 0 Å². The predicted octanol–water partition coefficient (Wildman–Crippen LogP) is 3.02. The topological polar surface area (TPSA) is 88.1 Å². The van der Waals surface area contributed by atoms with Crippen LogP contribution in [0.2, 0.25) is 0 Å². The number of fused-ring (bicyclic) bond motifs is 1. The van der Waals surface area contributed by atoms with Gasteiger partial charge in [-0.15, -0.1) is 0 Å². The van der Waals surface area contributed by atoms with E-state index in [1.807, 2.05) is 45.9 Å². The lowest BCUT2D eigenvalue weighted by molar-refractivity contribution is -0.122. The molecule has 0 spiro atoms. The zero-order valence-electron chi connectivity index (χ0n) is 18.3. The molecule has 0 aliphatic carbocycles. The number of nitrogens with one attached hydrogen (secondary N) is 1. The predicted molar refractivity (Wildman–Crippen MR) is 113 cm³/mol. The molecular formula is C21H31BN2O5. The van der Waals surface area contributed by atoms with Crippen molar-refractivity contribution >= 4 is 30.3 Å². The van der Waals surface area contributed by atoms with Gasteiger partial charge in [-0.3, -0.25) is 9.69 Å². The maximum Gasteiger partial charge on any atom is 0.494 e. The van der Waals surface area contributed by atoms with Crippen molar-refractivity contribution in [1.29, 1.82) is 0 Å². The number of benzene rings is 1. The molecule has 1 unspecified atom stereocenters. The molecule has 158 valence electrons. The molecule has 1 saturated heterocycles. The van der Waals surface area contributed by atoms with Crippen LogP contribution >= 0.6 is 0 Å². The second-order valence-corrected chi connectivity index (χ2v) is 9.87. The summed E-state index contributed by atoms with van der Waals surface area (Å²) in [4.78, 5) is 26.0. The molecule has 2 N–H and O–H groups in total. The van der Waals surface area contributed by atoms with Gasteiger partial charge in [-0.05, 0) is 78.4 Å². The average Bonchev–Trinajstić information content (AvgIpc) is 2.68. The molecular weight excluding hydrogens is 371 g/mol. The Morgan fingerprint density at radius 3 is 2.31 bits per heavy atom. The fourth-order valence-corrected chi connectivity index (χ4v) is 3.83. The van der Waals surface area contributed by atoms with E-state index in [2.05, 4.69) is 5.32 Å². The van der Waals surface area contributed by atoms with Crippen molar-refractivity contribution < 1.29 is 24.0 Å². The van der Waals surface area contributed by atoms with E-state index in [-0.39, 0.29) is 5.91 Å². The van der Waals surface area contributed by atoms with E-state index in [4.69, 9.17) is 9.31 Å². The molecule has 0 saturated carbocycles. The highest BCUT2D eigenvalue weighted by Gasteiger charge is 2.51. The van der Waals surface area contributed by atoms with Crippen LogP contribution in [0.1, 0.15) is 60.5 Å². The number of amides is 2. The fourth-order valence-electron chi connectivity index (χ4n) is 3.83. The van der Waals surface area contributed by atoms with E-state index >= 15 is 0 Å². The number of hydrogen-bond acceptors (Lipinski definition) is 4. The fraction of sp³-hybridized carbons (Fsp3) is 0.619. The van der Waals surface area contributed by atoms with Crippen LogP contribution in [0.4, 0.5) is 10.5 Å². The van der Waals surface area contributed by atoms with Crippen molar-refractivity contribution in [2.45, 2.75) is 84.1 Å². The van der Waals surface area contributed by atoms with E-state index in [1.54, 1.807) is 20.8 Å². The summed E-state index contributed by atoms with van der Waals surface area (Å²) in [6, 6.07) is 5.03. The van der Waals surface area contributed by atoms with E-state index in [0.29, 0.717) is 18.5 Å². The normalized spacial score (nSPS) is 23.2. The summed E-state index contributed by atoms with van der Waals surface area (Å²) in [5, 5.41) is 12.6. The summed E-state index contributed by atoms with van der Waals surface area (Å²) in [6.07, 6.45) is -0.0676. The number of rotatable bonds is 2. The number of carbonyl (C=O) groups excluding carboxylic acids is 1. The lowest BCUT2D eigenvalue weighted by Gasteiger charge is -2.38. The highest BCUT2D eigenvalue weighted by atomic mass is 16.7. The minimum Gasteiger partial charge on any atom is -0.465 e. The Bertz CT molecular complexity index is 815. The molecule has 1 aromatic rings. The highest BCUT2D eigenvalue weighted by Crippen LogP contribution is 2.37. The quantitative estimate of drug-likeness (QED) is 0.743. The number of carboxylic acid groups (broad SMARTS) is 1. The van der Waals surface area contributed by atoms with Crippen LogP contribution < -0.4 is 10.8 Å². The Hall–Kier alpha value is -2.06. The van der Waals surface area contributed by atoms with Crippen LogP contribution in [-0.2, 0) is 20.5 Å². The molecule has 2 aliphatic heterocycles. The van der Waals surface area contributed by atoms with Gasteiger partial charge in [0.05, 0.1) is 11.2 Å². The van der Waals surface area contributed by atoms with E-state index in [0.717, 1.165) is 11.0 Å². The Labute approximate surface area is 172 Å². The van der Waals surface area contributed by atoms with Crippen LogP contribution in [0.25, 0.3) is 0 Å². The number of nitrogens with zero attached hydrogens (tertiary/aromatic N) is 1. The first-order valence-electron chi connectivity index (χ1n) is 10.0. The number of carbonyl (C=O) groups is 2. The van der Waals surface area contributed by atoms with Crippen molar-refractivity contribution in [2.75, 3.05) is 5.32 Å². The molecule has 0 bridgehead atoms. The maximum absolute atomic E-state index is 12.9. The van der Waals surface area contributed by atoms with Gasteiger partial charge < -0.3 is 19.7 Å². The van der Waals surface area contributed by atoms with Gasteiger partial charge in [0.25, 0.3) is 0 Å². The number of hydrogen-bond donors (Lipinski definition) is 2. The van der Waals surface area contributed by atoms with Gasteiger partial charge in [-0.2, -0.15) is 0 Å². The van der Waals surface area contributed by atoms with Gasteiger partial charge in [0, 0.05) is 11.2 Å². The first kappa shape index (κ1) is 21.6. The smallest absolute Gasteiger partial charge is 0.465 e. The van der Waals surface area contributed by atoms with Crippen molar-refractivity contribution in [3.63, 3.8) is 0 Å². The van der Waals surface area contributed by atoms with Crippen molar-refractivity contribution in [3.05, 3.63) is 23.8 Å². The first-order valence-corrected chi connectivity index (χ1v) is 10.0. The monoisotopic (exact) mass is 402 g/mol. The first-order chi connectivity index (χ1) is 13.2. The summed E-state index contributed by atoms with van der Waals surface area (Å²) >= 11 is 0. The van der Waals surface area contributed by atoms with E-state index in [1.165, 1.54) is 4.90 Å². The lowest BCUT2D eigenvalue weighted by atomic mass is 9.78. The zero-order valence-corrected chi connectivity index (χ0v) is 18.3. The van der Waals surface area contributed by atoms with E-state index < -0.39 is 36.0 Å². The second-order valence-electron chi connectivity index (χ2n) is 9.87. The molecule has 29 heavy (non-hydrogen) atoms. The Kier molecular flexibility index (Phi) is 5.24. The lowest BCUT2D eigenvalue weighted by Crippen LogP contribution is -2.55. The summed E-state index contributed by atoms with van der Waals surface area (Å²) in [7, 11) is -0.522. The molecule has 0 radical (unpaired) electrons. The summed E-state index contributed by atoms with van der Waals surface area (Å²) in [5.74, 6) is -0.313. The standard InChI is InChI=1S/C21H31BN2O5/c1-19(2,3)24(18(26)27)16-11-9-13-8-10-14(12-15(13)23-17(16)25)22-28-20(4,5)21(6,7)29-22/h8,10,12,16H,9,11H2,1-7H3,(H,23,25)(H,26,27). The highest BCUT2D eigenvalue weighted by molar-refractivity contribution is 6.62.